The Bertz CT molecular complexity index is 281. The summed E-state index contributed by atoms with van der Waals surface area (Å²) in [6.07, 6.45) is 12.3. The third kappa shape index (κ3) is 1.94. The smallest absolute Gasteiger partial charge is 0.0718 e. The molecule has 3 aliphatic rings. The quantitative estimate of drug-likeness (QED) is 0.793. The highest BCUT2D eigenvalue weighted by atomic mass is 16.3. The third-order valence-electron chi connectivity index (χ3n) is 5.99. The Morgan fingerprint density at radius 2 is 1.65 bits per heavy atom. The van der Waals surface area contributed by atoms with E-state index in [4.69, 9.17) is 5.73 Å². The summed E-state index contributed by atoms with van der Waals surface area (Å²) in [7, 11) is 0. The van der Waals surface area contributed by atoms with E-state index in [9.17, 15) is 5.11 Å². The first-order chi connectivity index (χ1) is 8.19. The Morgan fingerprint density at radius 1 is 0.941 bits per heavy atom. The number of nitrogens with two attached hydrogens (primary N) is 1. The monoisotopic (exact) mass is 237 g/mol. The lowest BCUT2D eigenvalue weighted by molar-refractivity contribution is -0.118. The summed E-state index contributed by atoms with van der Waals surface area (Å²) < 4.78 is 0. The van der Waals surface area contributed by atoms with Crippen LogP contribution in [0.15, 0.2) is 0 Å². The van der Waals surface area contributed by atoms with Gasteiger partial charge in [-0.25, -0.2) is 0 Å². The van der Waals surface area contributed by atoms with Crippen molar-refractivity contribution < 1.29 is 5.11 Å². The molecule has 0 spiro atoms. The molecule has 0 aliphatic heterocycles. The van der Waals surface area contributed by atoms with Crippen LogP contribution in [0.2, 0.25) is 0 Å². The Kier molecular flexibility index (Phi) is 2.99. The average molecular weight is 237 g/mol. The minimum Gasteiger partial charge on any atom is -0.389 e. The van der Waals surface area contributed by atoms with E-state index in [1.807, 2.05) is 0 Å². The lowest BCUT2D eigenvalue weighted by Crippen LogP contribution is -2.53. The standard InChI is InChI=1S/C15H27NO/c16-11-14(7-1-2-8-14)15(17)9-3-4-13(10-15)12-5-6-12/h12-13,17H,1-11,16H2. The number of hydrogen-bond acceptors (Lipinski definition) is 2. The van der Waals surface area contributed by atoms with Gasteiger partial charge in [-0.05, 0) is 56.8 Å². The Morgan fingerprint density at radius 3 is 2.24 bits per heavy atom. The summed E-state index contributed by atoms with van der Waals surface area (Å²) >= 11 is 0. The van der Waals surface area contributed by atoms with Gasteiger partial charge in [0.2, 0.25) is 0 Å². The second-order valence-electron chi connectivity index (χ2n) is 6.92. The van der Waals surface area contributed by atoms with Crippen LogP contribution in [-0.2, 0) is 0 Å². The van der Waals surface area contributed by atoms with Crippen molar-refractivity contribution in [2.75, 3.05) is 6.54 Å². The zero-order chi connectivity index (χ0) is 11.9. The fourth-order valence-corrected chi connectivity index (χ4v) is 4.66. The first-order valence-corrected chi connectivity index (χ1v) is 7.62. The fourth-order valence-electron chi connectivity index (χ4n) is 4.66. The Balaban J connectivity index is 1.78. The maximum atomic E-state index is 11.2. The lowest BCUT2D eigenvalue weighted by atomic mass is 9.61. The van der Waals surface area contributed by atoms with Gasteiger partial charge in [0.15, 0.2) is 0 Å². The highest BCUT2D eigenvalue weighted by Gasteiger charge is 2.53. The SMILES string of the molecule is NCC1(C2(O)CCCC(C3CC3)C2)CCCC1. The van der Waals surface area contributed by atoms with E-state index in [-0.39, 0.29) is 5.41 Å². The van der Waals surface area contributed by atoms with Crippen LogP contribution in [0.5, 0.6) is 0 Å². The summed E-state index contributed by atoms with van der Waals surface area (Å²) in [4.78, 5) is 0. The molecule has 3 aliphatic carbocycles. The van der Waals surface area contributed by atoms with E-state index in [2.05, 4.69) is 0 Å². The molecule has 0 amide bonds. The van der Waals surface area contributed by atoms with Crippen LogP contribution < -0.4 is 5.73 Å². The lowest BCUT2D eigenvalue weighted by Gasteiger charge is -2.49. The summed E-state index contributed by atoms with van der Waals surface area (Å²) in [5, 5.41) is 11.2. The van der Waals surface area contributed by atoms with E-state index in [0.717, 1.165) is 37.5 Å². The number of hydrogen-bond donors (Lipinski definition) is 2. The second-order valence-corrected chi connectivity index (χ2v) is 6.92. The van der Waals surface area contributed by atoms with Crippen molar-refractivity contribution in [1.29, 1.82) is 0 Å². The maximum absolute atomic E-state index is 11.2. The van der Waals surface area contributed by atoms with Gasteiger partial charge in [-0.15, -0.1) is 0 Å². The van der Waals surface area contributed by atoms with Gasteiger partial charge < -0.3 is 10.8 Å². The van der Waals surface area contributed by atoms with Crippen molar-refractivity contribution in [2.24, 2.45) is 23.0 Å². The molecule has 0 heterocycles. The molecule has 2 nitrogen and oxygen atoms in total. The normalized spacial score (nSPS) is 41.6. The van der Waals surface area contributed by atoms with Gasteiger partial charge in [0.05, 0.1) is 5.60 Å². The Hall–Kier alpha value is -0.0800. The number of rotatable bonds is 3. The molecule has 0 radical (unpaired) electrons. The fraction of sp³-hybridized carbons (Fsp3) is 1.00. The molecule has 2 atom stereocenters. The van der Waals surface area contributed by atoms with E-state index in [0.29, 0.717) is 6.54 Å². The minimum atomic E-state index is -0.427. The third-order valence-corrected chi connectivity index (χ3v) is 5.99. The molecule has 0 aromatic rings. The van der Waals surface area contributed by atoms with Crippen LogP contribution in [-0.4, -0.2) is 17.3 Å². The van der Waals surface area contributed by atoms with Crippen LogP contribution in [0.25, 0.3) is 0 Å². The minimum absolute atomic E-state index is 0.0700. The summed E-state index contributed by atoms with van der Waals surface area (Å²) in [5.74, 6) is 1.75. The van der Waals surface area contributed by atoms with Gasteiger partial charge >= 0.3 is 0 Å². The molecule has 0 bridgehead atoms. The molecule has 2 heteroatoms. The van der Waals surface area contributed by atoms with Crippen molar-refractivity contribution >= 4 is 0 Å². The molecular formula is C15H27NO. The molecule has 17 heavy (non-hydrogen) atoms. The molecule has 3 fully saturated rings. The van der Waals surface area contributed by atoms with E-state index >= 15 is 0 Å². The predicted octanol–water partition coefficient (Wildman–Crippen LogP) is 2.84. The van der Waals surface area contributed by atoms with E-state index in [1.165, 1.54) is 38.5 Å². The van der Waals surface area contributed by atoms with Crippen molar-refractivity contribution in [3.8, 4) is 0 Å². The molecule has 3 saturated carbocycles. The van der Waals surface area contributed by atoms with Crippen molar-refractivity contribution in [3.05, 3.63) is 0 Å². The van der Waals surface area contributed by atoms with Crippen molar-refractivity contribution in [1.82, 2.24) is 0 Å². The first-order valence-electron chi connectivity index (χ1n) is 7.62. The highest BCUT2D eigenvalue weighted by Crippen LogP contribution is 2.55. The van der Waals surface area contributed by atoms with Crippen molar-refractivity contribution in [2.45, 2.75) is 69.8 Å². The van der Waals surface area contributed by atoms with E-state index < -0.39 is 5.60 Å². The predicted molar refractivity (Wildman–Crippen MR) is 69.6 cm³/mol. The largest absolute Gasteiger partial charge is 0.389 e. The molecule has 0 saturated heterocycles. The second kappa shape index (κ2) is 4.24. The molecule has 3 N–H and O–H groups in total. The van der Waals surface area contributed by atoms with Gasteiger partial charge in [0.25, 0.3) is 0 Å². The van der Waals surface area contributed by atoms with Gasteiger partial charge in [-0.1, -0.05) is 19.3 Å². The van der Waals surface area contributed by atoms with Crippen LogP contribution in [0.1, 0.15) is 64.2 Å². The summed E-state index contributed by atoms with van der Waals surface area (Å²) in [6.45, 7) is 0.695. The maximum Gasteiger partial charge on any atom is 0.0718 e. The molecule has 3 rings (SSSR count). The summed E-state index contributed by atoms with van der Waals surface area (Å²) in [5.41, 5.74) is 5.71. The van der Waals surface area contributed by atoms with E-state index in [1.54, 1.807) is 0 Å². The van der Waals surface area contributed by atoms with Crippen LogP contribution in [0.3, 0.4) is 0 Å². The average Bonchev–Trinajstić information content (AvgIpc) is 3.07. The molecule has 0 aromatic heterocycles. The van der Waals surface area contributed by atoms with Gasteiger partial charge in [0, 0.05) is 12.0 Å². The zero-order valence-electron chi connectivity index (χ0n) is 11.0. The van der Waals surface area contributed by atoms with Gasteiger partial charge in [-0.2, -0.15) is 0 Å². The van der Waals surface area contributed by atoms with Crippen LogP contribution in [0, 0.1) is 17.3 Å². The molecule has 2 unspecified atom stereocenters. The highest BCUT2D eigenvalue weighted by molar-refractivity contribution is 5.05. The van der Waals surface area contributed by atoms with Crippen LogP contribution in [0.4, 0.5) is 0 Å². The molecule has 98 valence electrons. The van der Waals surface area contributed by atoms with Crippen molar-refractivity contribution in [3.63, 3.8) is 0 Å². The van der Waals surface area contributed by atoms with Crippen LogP contribution >= 0.6 is 0 Å². The molecule has 0 aromatic carbocycles. The summed E-state index contributed by atoms with van der Waals surface area (Å²) in [6, 6.07) is 0. The van der Waals surface area contributed by atoms with Gasteiger partial charge in [0.1, 0.15) is 0 Å². The van der Waals surface area contributed by atoms with Gasteiger partial charge in [-0.3, -0.25) is 0 Å². The Labute approximate surface area is 105 Å². The zero-order valence-corrected chi connectivity index (χ0v) is 11.0. The first kappa shape index (κ1) is 12.0. The molecular weight excluding hydrogens is 210 g/mol. The number of aliphatic hydroxyl groups is 1. The topological polar surface area (TPSA) is 46.2 Å².